The highest BCUT2D eigenvalue weighted by molar-refractivity contribution is 6.51. The second kappa shape index (κ2) is 9.47. The summed E-state index contributed by atoms with van der Waals surface area (Å²) in [5.41, 5.74) is 2.60. The van der Waals surface area contributed by atoms with E-state index in [1.54, 1.807) is 48.5 Å². The number of aryl methyl sites for hydroxylation is 1. The van der Waals surface area contributed by atoms with Crippen LogP contribution in [-0.2, 0) is 16.0 Å². The fourth-order valence-corrected chi connectivity index (χ4v) is 4.75. The highest BCUT2D eigenvalue weighted by Gasteiger charge is 2.47. The van der Waals surface area contributed by atoms with Gasteiger partial charge < -0.3 is 14.6 Å². The normalized spacial score (nSPS) is 18.8. The third-order valence-corrected chi connectivity index (χ3v) is 6.47. The number of benzene rings is 3. The molecular weight excluding hydrogens is 466 g/mol. The molecule has 1 amide bonds. The maximum Gasteiger partial charge on any atom is 0.300 e. The van der Waals surface area contributed by atoms with Gasteiger partial charge in [0.15, 0.2) is 0 Å². The van der Waals surface area contributed by atoms with E-state index in [4.69, 9.17) is 21.1 Å². The van der Waals surface area contributed by atoms with Gasteiger partial charge in [-0.05, 0) is 85.5 Å². The summed E-state index contributed by atoms with van der Waals surface area (Å²) in [6, 6.07) is 18.4. The van der Waals surface area contributed by atoms with Crippen molar-refractivity contribution < 1.29 is 24.2 Å². The van der Waals surface area contributed by atoms with Crippen LogP contribution < -0.4 is 14.4 Å². The van der Waals surface area contributed by atoms with Gasteiger partial charge in [0.2, 0.25) is 0 Å². The summed E-state index contributed by atoms with van der Waals surface area (Å²) in [4.78, 5) is 28.1. The number of nitrogens with zero attached hydrogens (tertiary/aromatic N) is 1. The molecule has 0 saturated carbocycles. The molecule has 3 aromatic carbocycles. The van der Waals surface area contributed by atoms with Gasteiger partial charge in [0.05, 0.1) is 24.8 Å². The second-order valence-corrected chi connectivity index (χ2v) is 8.86. The topological polar surface area (TPSA) is 76.1 Å². The van der Waals surface area contributed by atoms with Gasteiger partial charge >= 0.3 is 0 Å². The SMILES string of the molecule is CCOc1cccc(C2/C(=C(/O)c3ccc4c(c3)CCCO4)C(=O)C(=O)N2c2ccc(Cl)cc2)c1. The number of carbonyl (C=O) groups is 2. The lowest BCUT2D eigenvalue weighted by Gasteiger charge is -2.26. The lowest BCUT2D eigenvalue weighted by Crippen LogP contribution is -2.29. The highest BCUT2D eigenvalue weighted by Crippen LogP contribution is 2.43. The van der Waals surface area contributed by atoms with Crippen LogP contribution in [0.1, 0.15) is 36.1 Å². The lowest BCUT2D eigenvalue weighted by molar-refractivity contribution is -0.132. The Morgan fingerprint density at radius 1 is 1.11 bits per heavy atom. The summed E-state index contributed by atoms with van der Waals surface area (Å²) >= 11 is 6.06. The number of anilines is 1. The van der Waals surface area contributed by atoms with E-state index in [1.165, 1.54) is 4.90 Å². The summed E-state index contributed by atoms with van der Waals surface area (Å²) in [6.07, 6.45) is 1.69. The Bertz CT molecular complexity index is 1330. The van der Waals surface area contributed by atoms with Crippen LogP contribution in [0.15, 0.2) is 72.3 Å². The Balaban J connectivity index is 1.69. The largest absolute Gasteiger partial charge is 0.507 e. The first-order valence-electron chi connectivity index (χ1n) is 11.5. The first-order chi connectivity index (χ1) is 17.0. The smallest absolute Gasteiger partial charge is 0.300 e. The molecule has 5 rings (SSSR count). The summed E-state index contributed by atoms with van der Waals surface area (Å²) < 4.78 is 11.3. The molecular formula is C28H24ClNO5. The first kappa shape index (κ1) is 23.0. The first-order valence-corrected chi connectivity index (χ1v) is 11.9. The molecule has 0 aromatic heterocycles. The molecule has 6 nitrogen and oxygen atoms in total. The number of rotatable bonds is 5. The monoisotopic (exact) mass is 489 g/mol. The number of carbonyl (C=O) groups excluding carboxylic acids is 2. The molecule has 3 aromatic rings. The maximum atomic E-state index is 13.4. The quantitative estimate of drug-likeness (QED) is 0.283. The Hall–Kier alpha value is -3.77. The number of halogens is 1. The molecule has 35 heavy (non-hydrogen) atoms. The van der Waals surface area contributed by atoms with E-state index in [-0.39, 0.29) is 11.3 Å². The second-order valence-electron chi connectivity index (χ2n) is 8.43. The summed E-state index contributed by atoms with van der Waals surface area (Å²) in [5, 5.41) is 11.9. The third kappa shape index (κ3) is 4.26. The molecule has 7 heteroatoms. The van der Waals surface area contributed by atoms with E-state index in [1.807, 2.05) is 25.1 Å². The summed E-state index contributed by atoms with van der Waals surface area (Å²) in [6.45, 7) is 3.00. The summed E-state index contributed by atoms with van der Waals surface area (Å²) in [7, 11) is 0. The zero-order valence-corrected chi connectivity index (χ0v) is 19.9. The molecule has 0 bridgehead atoms. The molecule has 0 aliphatic carbocycles. The van der Waals surface area contributed by atoms with Gasteiger partial charge in [0, 0.05) is 16.3 Å². The molecule has 1 saturated heterocycles. The van der Waals surface area contributed by atoms with Gasteiger partial charge in [0.25, 0.3) is 11.7 Å². The van der Waals surface area contributed by atoms with Crippen molar-refractivity contribution in [3.05, 3.63) is 94.0 Å². The highest BCUT2D eigenvalue weighted by atomic mass is 35.5. The van der Waals surface area contributed by atoms with Crippen LogP contribution in [0.3, 0.4) is 0 Å². The number of ketones is 1. The molecule has 2 aliphatic rings. The van der Waals surface area contributed by atoms with Crippen LogP contribution >= 0.6 is 11.6 Å². The van der Waals surface area contributed by atoms with Gasteiger partial charge in [-0.1, -0.05) is 23.7 Å². The zero-order valence-electron chi connectivity index (χ0n) is 19.2. The number of hydrogen-bond acceptors (Lipinski definition) is 5. The number of fused-ring (bicyclic) bond motifs is 1. The van der Waals surface area contributed by atoms with Gasteiger partial charge in [-0.25, -0.2) is 0 Å². The molecule has 178 valence electrons. The average molecular weight is 490 g/mol. The van der Waals surface area contributed by atoms with Crippen molar-refractivity contribution in [2.45, 2.75) is 25.8 Å². The number of hydrogen-bond donors (Lipinski definition) is 1. The van der Waals surface area contributed by atoms with Crippen molar-refractivity contribution >= 4 is 34.7 Å². The lowest BCUT2D eigenvalue weighted by atomic mass is 9.93. The number of aliphatic hydroxyl groups excluding tert-OH is 1. The molecule has 0 spiro atoms. The van der Waals surface area contributed by atoms with E-state index in [0.29, 0.717) is 40.8 Å². The Kier molecular flexibility index (Phi) is 6.22. The van der Waals surface area contributed by atoms with Crippen LogP contribution in [0.2, 0.25) is 5.02 Å². The molecule has 1 unspecified atom stereocenters. The van der Waals surface area contributed by atoms with Gasteiger partial charge in [-0.3, -0.25) is 14.5 Å². The van der Waals surface area contributed by atoms with Crippen molar-refractivity contribution in [3.8, 4) is 11.5 Å². The van der Waals surface area contributed by atoms with Crippen LogP contribution in [0.5, 0.6) is 11.5 Å². The zero-order chi connectivity index (χ0) is 24.5. The Labute approximate surface area is 208 Å². The number of ether oxygens (including phenoxy) is 2. The van der Waals surface area contributed by atoms with Crippen LogP contribution in [-0.4, -0.2) is 30.0 Å². The molecule has 2 heterocycles. The maximum absolute atomic E-state index is 13.4. The van der Waals surface area contributed by atoms with Gasteiger partial charge in [-0.15, -0.1) is 0 Å². The van der Waals surface area contributed by atoms with E-state index in [2.05, 4.69) is 0 Å². The minimum atomic E-state index is -0.844. The standard InChI is InChI=1S/C28H24ClNO5/c1-2-34-22-7-3-5-18(16-22)25-24(26(31)19-8-13-23-17(15-19)6-4-14-35-23)27(32)28(33)30(25)21-11-9-20(29)10-12-21/h3,5,7-13,15-16,25,31H,2,4,6,14H2,1H3/b26-24-. The van der Waals surface area contributed by atoms with Crippen molar-refractivity contribution in [2.24, 2.45) is 0 Å². The van der Waals surface area contributed by atoms with Gasteiger partial charge in [0.1, 0.15) is 17.3 Å². The van der Waals surface area contributed by atoms with Crippen LogP contribution in [0.4, 0.5) is 5.69 Å². The van der Waals surface area contributed by atoms with E-state index in [0.717, 1.165) is 24.2 Å². The van der Waals surface area contributed by atoms with E-state index < -0.39 is 17.7 Å². The Morgan fingerprint density at radius 3 is 2.69 bits per heavy atom. The van der Waals surface area contributed by atoms with Crippen molar-refractivity contribution in [1.29, 1.82) is 0 Å². The number of amides is 1. The van der Waals surface area contributed by atoms with E-state index >= 15 is 0 Å². The van der Waals surface area contributed by atoms with Crippen LogP contribution in [0, 0.1) is 0 Å². The van der Waals surface area contributed by atoms with Crippen molar-refractivity contribution in [1.82, 2.24) is 0 Å². The van der Waals surface area contributed by atoms with Crippen molar-refractivity contribution in [2.75, 3.05) is 18.1 Å². The van der Waals surface area contributed by atoms with Crippen LogP contribution in [0.25, 0.3) is 5.76 Å². The molecule has 2 aliphatic heterocycles. The van der Waals surface area contributed by atoms with E-state index in [9.17, 15) is 14.7 Å². The number of Topliss-reactive ketones (excluding diaryl/α,β-unsaturated/α-hetero) is 1. The summed E-state index contributed by atoms with van der Waals surface area (Å²) in [5.74, 6) is -0.312. The third-order valence-electron chi connectivity index (χ3n) is 6.22. The minimum absolute atomic E-state index is 0.0234. The average Bonchev–Trinajstić information content (AvgIpc) is 3.14. The predicted octanol–water partition coefficient (Wildman–Crippen LogP) is 5.69. The molecule has 1 fully saturated rings. The fraction of sp³-hybridized carbons (Fsp3) is 0.214. The van der Waals surface area contributed by atoms with Crippen molar-refractivity contribution in [3.63, 3.8) is 0 Å². The minimum Gasteiger partial charge on any atom is -0.507 e. The fourth-order valence-electron chi connectivity index (χ4n) is 4.62. The predicted molar refractivity (Wildman–Crippen MR) is 134 cm³/mol. The van der Waals surface area contributed by atoms with Gasteiger partial charge in [-0.2, -0.15) is 0 Å². The molecule has 0 radical (unpaired) electrons. The molecule has 1 atom stereocenters. The Morgan fingerprint density at radius 2 is 1.91 bits per heavy atom. The molecule has 1 N–H and O–H groups in total. The number of aliphatic hydroxyl groups is 1.